The number of H-pyrrole nitrogens is 1. The molecule has 1 saturated heterocycles. The van der Waals surface area contributed by atoms with Crippen molar-refractivity contribution in [3.8, 4) is 0 Å². The van der Waals surface area contributed by atoms with Gasteiger partial charge in [-0.2, -0.15) is 5.10 Å². The van der Waals surface area contributed by atoms with Gasteiger partial charge in [0, 0.05) is 20.0 Å². The first-order valence-electron chi connectivity index (χ1n) is 6.96. The number of aromatic nitrogens is 3. The van der Waals surface area contributed by atoms with Crippen LogP contribution in [0.15, 0.2) is 0 Å². The molecule has 1 N–H and O–H groups in total. The molecular formula is C13H21N5O2. The van der Waals surface area contributed by atoms with E-state index in [4.69, 9.17) is 0 Å². The zero-order chi connectivity index (χ0) is 14.5. The van der Waals surface area contributed by atoms with E-state index in [1.807, 2.05) is 6.92 Å². The summed E-state index contributed by atoms with van der Waals surface area (Å²) in [4.78, 5) is 31.4. The molecule has 0 atom stereocenters. The topological polar surface area (TPSA) is 82.2 Å². The first-order chi connectivity index (χ1) is 9.56. The van der Waals surface area contributed by atoms with Gasteiger partial charge < -0.3 is 9.80 Å². The van der Waals surface area contributed by atoms with Crippen molar-refractivity contribution in [1.29, 1.82) is 0 Å². The molecule has 0 saturated carbocycles. The summed E-state index contributed by atoms with van der Waals surface area (Å²) < 4.78 is 0. The number of aromatic amines is 1. The van der Waals surface area contributed by atoms with E-state index >= 15 is 0 Å². The van der Waals surface area contributed by atoms with Crippen molar-refractivity contribution in [3.05, 3.63) is 11.6 Å². The highest BCUT2D eigenvalue weighted by Gasteiger charge is 2.21. The Morgan fingerprint density at radius 1 is 1.40 bits per heavy atom. The van der Waals surface area contributed by atoms with Crippen molar-refractivity contribution in [2.24, 2.45) is 0 Å². The summed E-state index contributed by atoms with van der Waals surface area (Å²) in [5.41, 5.74) is 0. The van der Waals surface area contributed by atoms with Crippen molar-refractivity contribution in [1.82, 2.24) is 25.0 Å². The molecule has 0 bridgehead atoms. The van der Waals surface area contributed by atoms with Crippen LogP contribution >= 0.6 is 0 Å². The number of amides is 2. The van der Waals surface area contributed by atoms with E-state index in [0.717, 1.165) is 25.1 Å². The van der Waals surface area contributed by atoms with Gasteiger partial charge in [0.25, 0.3) is 0 Å². The monoisotopic (exact) mass is 279 g/mol. The number of likely N-dealkylation sites (N-methyl/N-ethyl adjacent to an activating group) is 1. The lowest BCUT2D eigenvalue weighted by atomic mass is 10.2. The minimum absolute atomic E-state index is 0.0808. The van der Waals surface area contributed by atoms with Crippen LogP contribution in [0.4, 0.5) is 0 Å². The second kappa shape index (κ2) is 6.49. The molecule has 0 aliphatic carbocycles. The number of hydrogen-bond donors (Lipinski definition) is 1. The fourth-order valence-electron chi connectivity index (χ4n) is 2.25. The molecule has 110 valence electrons. The fourth-order valence-corrected chi connectivity index (χ4v) is 2.25. The maximum atomic E-state index is 12.1. The van der Waals surface area contributed by atoms with Gasteiger partial charge in [-0.15, -0.1) is 0 Å². The number of nitrogens with zero attached hydrogens (tertiary/aromatic N) is 4. The molecule has 7 heteroatoms. The maximum Gasteiger partial charge on any atom is 0.242 e. The predicted molar refractivity (Wildman–Crippen MR) is 72.6 cm³/mol. The molecule has 1 fully saturated rings. The van der Waals surface area contributed by atoms with E-state index in [-0.39, 0.29) is 18.4 Å². The second-order valence-electron chi connectivity index (χ2n) is 5.21. The normalized spacial score (nSPS) is 16.1. The largest absolute Gasteiger partial charge is 0.337 e. The van der Waals surface area contributed by atoms with E-state index in [9.17, 15) is 9.59 Å². The van der Waals surface area contributed by atoms with Crippen molar-refractivity contribution >= 4 is 11.8 Å². The highest BCUT2D eigenvalue weighted by atomic mass is 16.2. The van der Waals surface area contributed by atoms with Gasteiger partial charge in [-0.1, -0.05) is 6.42 Å². The quantitative estimate of drug-likeness (QED) is 0.868. The Kier molecular flexibility index (Phi) is 4.70. The molecule has 20 heavy (non-hydrogen) atoms. The zero-order valence-corrected chi connectivity index (χ0v) is 12.1. The highest BCUT2D eigenvalue weighted by Crippen LogP contribution is 2.11. The molecule has 1 aliphatic heterocycles. The van der Waals surface area contributed by atoms with Crippen molar-refractivity contribution in [2.75, 3.05) is 20.1 Å². The average molecular weight is 279 g/mol. The SMILES string of the molecule is Cc1nc(CN(C)C(=O)CN2CCCCCC2=O)n[nH]1. The van der Waals surface area contributed by atoms with Crippen molar-refractivity contribution < 1.29 is 9.59 Å². The molecule has 7 nitrogen and oxygen atoms in total. The predicted octanol–water partition coefficient (Wildman–Crippen LogP) is 0.474. The third-order valence-electron chi connectivity index (χ3n) is 3.45. The zero-order valence-electron chi connectivity index (χ0n) is 12.1. The van der Waals surface area contributed by atoms with E-state index in [2.05, 4.69) is 15.2 Å². The Hall–Kier alpha value is -1.92. The Morgan fingerprint density at radius 2 is 2.20 bits per heavy atom. The Morgan fingerprint density at radius 3 is 2.90 bits per heavy atom. The summed E-state index contributed by atoms with van der Waals surface area (Å²) in [5, 5.41) is 6.75. The number of likely N-dealkylation sites (tertiary alicyclic amines) is 1. The maximum absolute atomic E-state index is 12.1. The average Bonchev–Trinajstić information content (AvgIpc) is 2.70. The van der Waals surface area contributed by atoms with E-state index in [1.165, 1.54) is 0 Å². The van der Waals surface area contributed by atoms with Crippen LogP contribution in [-0.2, 0) is 16.1 Å². The Labute approximate surface area is 118 Å². The standard InChI is InChI=1S/C13H21N5O2/c1-10-14-11(16-15-10)8-17(2)13(20)9-18-7-5-3-4-6-12(18)19/h3-9H2,1-2H3,(H,14,15,16). The van der Waals surface area contributed by atoms with Gasteiger partial charge in [0.1, 0.15) is 5.82 Å². The smallest absolute Gasteiger partial charge is 0.242 e. The number of aryl methyl sites for hydroxylation is 1. The highest BCUT2D eigenvalue weighted by molar-refractivity contribution is 5.84. The molecule has 1 aromatic rings. The summed E-state index contributed by atoms with van der Waals surface area (Å²) in [5.74, 6) is 1.31. The lowest BCUT2D eigenvalue weighted by Crippen LogP contribution is -2.41. The molecular weight excluding hydrogens is 258 g/mol. The van der Waals surface area contributed by atoms with Crippen LogP contribution < -0.4 is 0 Å². The third kappa shape index (κ3) is 3.79. The molecule has 2 heterocycles. The first kappa shape index (κ1) is 14.5. The number of rotatable bonds is 4. The number of carbonyl (C=O) groups excluding carboxylic acids is 2. The fraction of sp³-hybridized carbons (Fsp3) is 0.692. The lowest BCUT2D eigenvalue weighted by Gasteiger charge is -2.23. The molecule has 2 rings (SSSR count). The van der Waals surface area contributed by atoms with Gasteiger partial charge in [-0.05, 0) is 19.8 Å². The van der Waals surface area contributed by atoms with Gasteiger partial charge in [-0.3, -0.25) is 14.7 Å². The van der Waals surface area contributed by atoms with Crippen LogP contribution in [0, 0.1) is 6.92 Å². The van der Waals surface area contributed by atoms with E-state index in [0.29, 0.717) is 25.3 Å². The van der Waals surface area contributed by atoms with E-state index in [1.54, 1.807) is 16.8 Å². The van der Waals surface area contributed by atoms with E-state index < -0.39 is 0 Å². The molecule has 0 radical (unpaired) electrons. The van der Waals surface area contributed by atoms with Gasteiger partial charge in [0.15, 0.2) is 5.82 Å². The second-order valence-corrected chi connectivity index (χ2v) is 5.21. The summed E-state index contributed by atoms with van der Waals surface area (Å²) in [6.07, 6.45) is 3.51. The first-order valence-corrected chi connectivity index (χ1v) is 6.96. The molecule has 0 spiro atoms. The van der Waals surface area contributed by atoms with Crippen LogP contribution in [0.1, 0.15) is 37.3 Å². The lowest BCUT2D eigenvalue weighted by molar-refractivity contribution is -0.139. The van der Waals surface area contributed by atoms with Gasteiger partial charge in [-0.25, -0.2) is 4.98 Å². The van der Waals surface area contributed by atoms with Crippen LogP contribution in [0.25, 0.3) is 0 Å². The molecule has 2 amide bonds. The van der Waals surface area contributed by atoms with Gasteiger partial charge >= 0.3 is 0 Å². The van der Waals surface area contributed by atoms with Crippen LogP contribution in [0.3, 0.4) is 0 Å². The Balaban J connectivity index is 1.88. The Bertz CT molecular complexity index is 485. The summed E-state index contributed by atoms with van der Waals surface area (Å²) in [7, 11) is 1.70. The van der Waals surface area contributed by atoms with Crippen LogP contribution in [0.2, 0.25) is 0 Å². The molecule has 1 aliphatic rings. The summed E-state index contributed by atoms with van der Waals surface area (Å²) >= 11 is 0. The van der Waals surface area contributed by atoms with Gasteiger partial charge in [0.2, 0.25) is 11.8 Å². The third-order valence-corrected chi connectivity index (χ3v) is 3.45. The minimum Gasteiger partial charge on any atom is -0.337 e. The molecule has 0 aromatic carbocycles. The molecule has 1 aromatic heterocycles. The van der Waals surface area contributed by atoms with Crippen LogP contribution in [0.5, 0.6) is 0 Å². The number of hydrogen-bond acceptors (Lipinski definition) is 4. The molecule has 0 unspecified atom stereocenters. The number of nitrogens with one attached hydrogen (secondary N) is 1. The number of carbonyl (C=O) groups is 2. The van der Waals surface area contributed by atoms with Crippen LogP contribution in [-0.4, -0.2) is 56.9 Å². The summed E-state index contributed by atoms with van der Waals surface area (Å²) in [6, 6.07) is 0. The summed E-state index contributed by atoms with van der Waals surface area (Å²) in [6.45, 7) is 3.00. The minimum atomic E-state index is -0.0808. The van der Waals surface area contributed by atoms with Crippen molar-refractivity contribution in [3.63, 3.8) is 0 Å². The van der Waals surface area contributed by atoms with Crippen molar-refractivity contribution in [2.45, 2.75) is 39.2 Å². The van der Waals surface area contributed by atoms with Gasteiger partial charge in [0.05, 0.1) is 13.1 Å².